The van der Waals surface area contributed by atoms with Crippen LogP contribution in [0.5, 0.6) is 0 Å². The summed E-state index contributed by atoms with van der Waals surface area (Å²) in [6, 6.07) is 24.1. The first-order chi connectivity index (χ1) is 15.2. The number of fused-ring (bicyclic) bond motifs is 1. The van der Waals surface area contributed by atoms with Crippen molar-refractivity contribution in [1.82, 2.24) is 10.1 Å². The molecule has 1 amide bonds. The van der Waals surface area contributed by atoms with Gasteiger partial charge in [-0.1, -0.05) is 59.8 Å². The zero-order chi connectivity index (χ0) is 21.2. The summed E-state index contributed by atoms with van der Waals surface area (Å²) in [6.45, 7) is 3.69. The summed E-state index contributed by atoms with van der Waals surface area (Å²) in [6.07, 6.45) is 0.964. The van der Waals surface area contributed by atoms with E-state index in [2.05, 4.69) is 36.3 Å². The molecule has 1 saturated heterocycles. The third kappa shape index (κ3) is 3.98. The minimum atomic E-state index is 0.0770. The quantitative estimate of drug-likeness (QED) is 0.394. The molecule has 2 heterocycles. The fraction of sp³-hybridized carbons (Fsp3) is 0.231. The Bertz CT molecular complexity index is 1220. The highest BCUT2D eigenvalue weighted by atomic mass is 32.2. The average Bonchev–Trinajstić information content (AvgIpc) is 3.08. The first kappa shape index (κ1) is 19.9. The van der Waals surface area contributed by atoms with Gasteiger partial charge in [-0.2, -0.15) is 11.8 Å². The summed E-state index contributed by atoms with van der Waals surface area (Å²) in [7, 11) is 0. The largest absolute Gasteiger partial charge is 0.355 e. The number of thioether (sulfide) groups is 1. The van der Waals surface area contributed by atoms with Crippen LogP contribution in [-0.2, 0) is 0 Å². The predicted octanol–water partition coefficient (Wildman–Crippen LogP) is 6.12. The second-order valence-electron chi connectivity index (χ2n) is 7.91. The maximum atomic E-state index is 13.3. The van der Waals surface area contributed by atoms with Crippen molar-refractivity contribution in [2.75, 3.05) is 18.8 Å². The molecule has 1 fully saturated rings. The second kappa shape index (κ2) is 8.60. The van der Waals surface area contributed by atoms with Crippen LogP contribution >= 0.6 is 11.8 Å². The molecule has 156 valence electrons. The molecule has 1 aliphatic heterocycles. The average molecular weight is 429 g/mol. The molecule has 0 saturated carbocycles. The van der Waals surface area contributed by atoms with Crippen LogP contribution < -0.4 is 0 Å². The molecular formula is C26H24N2O2S. The smallest absolute Gasteiger partial charge is 0.253 e. The van der Waals surface area contributed by atoms with Crippen molar-refractivity contribution < 1.29 is 9.32 Å². The highest BCUT2D eigenvalue weighted by molar-refractivity contribution is 7.99. The van der Waals surface area contributed by atoms with Crippen LogP contribution in [-0.4, -0.2) is 34.8 Å². The number of amides is 1. The molecule has 1 aliphatic rings. The monoisotopic (exact) mass is 428 g/mol. The highest BCUT2D eigenvalue weighted by Crippen LogP contribution is 2.36. The molecule has 1 aromatic heterocycles. The second-order valence-corrected chi connectivity index (χ2v) is 9.22. The Morgan fingerprint density at radius 1 is 1.03 bits per heavy atom. The number of hydrogen-bond acceptors (Lipinski definition) is 4. The number of aromatic nitrogens is 1. The zero-order valence-electron chi connectivity index (χ0n) is 17.5. The van der Waals surface area contributed by atoms with Crippen LogP contribution in [0.4, 0.5) is 0 Å². The van der Waals surface area contributed by atoms with Gasteiger partial charge in [0.25, 0.3) is 5.91 Å². The fourth-order valence-electron chi connectivity index (χ4n) is 4.22. The third-order valence-corrected chi connectivity index (χ3v) is 7.23. The van der Waals surface area contributed by atoms with E-state index in [0.29, 0.717) is 16.6 Å². The van der Waals surface area contributed by atoms with Gasteiger partial charge < -0.3 is 9.42 Å². The highest BCUT2D eigenvalue weighted by Gasteiger charge is 2.24. The SMILES string of the molecule is Cc1ccccc1C1CCN(C(=O)c2ccc3noc(-c4ccccc4)c3c2)CCS1. The van der Waals surface area contributed by atoms with Crippen LogP contribution in [0.1, 0.15) is 33.2 Å². The summed E-state index contributed by atoms with van der Waals surface area (Å²) in [5.41, 5.74) is 5.13. The summed E-state index contributed by atoms with van der Waals surface area (Å²) in [4.78, 5) is 15.3. The lowest BCUT2D eigenvalue weighted by Crippen LogP contribution is -2.32. The van der Waals surface area contributed by atoms with Gasteiger partial charge >= 0.3 is 0 Å². The Morgan fingerprint density at radius 2 is 1.84 bits per heavy atom. The molecule has 0 N–H and O–H groups in total. The fourth-order valence-corrected chi connectivity index (χ4v) is 5.55. The van der Waals surface area contributed by atoms with E-state index in [1.54, 1.807) is 0 Å². The maximum absolute atomic E-state index is 13.3. The molecule has 5 heteroatoms. The van der Waals surface area contributed by atoms with Crippen LogP contribution in [0.3, 0.4) is 0 Å². The van der Waals surface area contributed by atoms with Gasteiger partial charge in [-0.25, -0.2) is 0 Å². The van der Waals surface area contributed by atoms with Crippen molar-refractivity contribution in [1.29, 1.82) is 0 Å². The van der Waals surface area contributed by atoms with Gasteiger partial charge in [-0.3, -0.25) is 4.79 Å². The van der Waals surface area contributed by atoms with E-state index in [9.17, 15) is 4.79 Å². The van der Waals surface area contributed by atoms with Gasteiger partial charge in [-0.15, -0.1) is 0 Å². The van der Waals surface area contributed by atoms with Crippen molar-refractivity contribution in [3.05, 3.63) is 89.5 Å². The third-order valence-electron chi connectivity index (χ3n) is 5.92. The van der Waals surface area contributed by atoms with E-state index < -0.39 is 0 Å². The van der Waals surface area contributed by atoms with Crippen LogP contribution in [0.2, 0.25) is 0 Å². The van der Waals surface area contributed by atoms with Crippen LogP contribution in [0.15, 0.2) is 77.3 Å². The molecule has 0 spiro atoms. The minimum absolute atomic E-state index is 0.0770. The first-order valence-corrected chi connectivity index (χ1v) is 11.7. The van der Waals surface area contributed by atoms with Gasteiger partial charge in [-0.05, 0) is 42.7 Å². The van der Waals surface area contributed by atoms with Gasteiger partial charge in [0.05, 0.1) is 5.39 Å². The summed E-state index contributed by atoms with van der Waals surface area (Å²) in [5, 5.41) is 5.48. The van der Waals surface area contributed by atoms with E-state index in [0.717, 1.165) is 41.7 Å². The van der Waals surface area contributed by atoms with Crippen molar-refractivity contribution in [2.24, 2.45) is 0 Å². The van der Waals surface area contributed by atoms with Crippen molar-refractivity contribution in [3.63, 3.8) is 0 Å². The van der Waals surface area contributed by atoms with Crippen molar-refractivity contribution >= 4 is 28.6 Å². The molecule has 31 heavy (non-hydrogen) atoms. The Hall–Kier alpha value is -3.05. The van der Waals surface area contributed by atoms with E-state index in [1.165, 1.54) is 11.1 Å². The Morgan fingerprint density at radius 3 is 2.68 bits per heavy atom. The molecule has 0 aliphatic carbocycles. The minimum Gasteiger partial charge on any atom is -0.355 e. The van der Waals surface area contributed by atoms with Gasteiger partial charge in [0.1, 0.15) is 5.52 Å². The lowest BCUT2D eigenvalue weighted by molar-refractivity contribution is 0.0767. The number of rotatable bonds is 3. The number of hydrogen-bond donors (Lipinski definition) is 0. The zero-order valence-corrected chi connectivity index (χ0v) is 18.3. The topological polar surface area (TPSA) is 46.3 Å². The van der Waals surface area contributed by atoms with Crippen molar-refractivity contribution in [3.8, 4) is 11.3 Å². The van der Waals surface area contributed by atoms with E-state index in [-0.39, 0.29) is 5.91 Å². The summed E-state index contributed by atoms with van der Waals surface area (Å²) < 4.78 is 5.60. The number of carbonyl (C=O) groups is 1. The molecule has 3 aromatic carbocycles. The molecule has 4 aromatic rings. The van der Waals surface area contributed by atoms with Crippen LogP contribution in [0.25, 0.3) is 22.2 Å². The standard InChI is InChI=1S/C26H24N2O2S/c1-18-7-5-6-10-21(18)24-13-14-28(15-16-31-24)26(29)20-11-12-23-22(17-20)25(30-27-23)19-8-3-2-4-9-19/h2-12,17,24H,13-16H2,1H3. The van der Waals surface area contributed by atoms with E-state index >= 15 is 0 Å². The molecule has 1 unspecified atom stereocenters. The molecular weight excluding hydrogens is 404 g/mol. The molecule has 5 rings (SSSR count). The molecule has 4 nitrogen and oxygen atoms in total. The lowest BCUT2D eigenvalue weighted by atomic mass is 10.0. The number of carbonyl (C=O) groups excluding carboxylic acids is 1. The Kier molecular flexibility index (Phi) is 5.51. The predicted molar refractivity (Wildman–Crippen MR) is 126 cm³/mol. The van der Waals surface area contributed by atoms with E-state index in [4.69, 9.17) is 4.52 Å². The van der Waals surface area contributed by atoms with Crippen LogP contribution in [0, 0.1) is 6.92 Å². The van der Waals surface area contributed by atoms with E-state index in [1.807, 2.05) is 65.2 Å². The molecule has 1 atom stereocenters. The Balaban J connectivity index is 1.38. The van der Waals surface area contributed by atoms with Gasteiger partial charge in [0.2, 0.25) is 0 Å². The van der Waals surface area contributed by atoms with Gasteiger partial charge in [0, 0.05) is 35.2 Å². The number of aryl methyl sites for hydroxylation is 1. The molecule has 0 bridgehead atoms. The summed E-state index contributed by atoms with van der Waals surface area (Å²) in [5.74, 6) is 1.72. The van der Waals surface area contributed by atoms with Crippen molar-refractivity contribution in [2.45, 2.75) is 18.6 Å². The normalized spacial score (nSPS) is 16.9. The molecule has 0 radical (unpaired) electrons. The lowest BCUT2D eigenvalue weighted by Gasteiger charge is -2.21. The van der Waals surface area contributed by atoms with Gasteiger partial charge in [0.15, 0.2) is 5.76 Å². The number of benzene rings is 3. The Labute approximate surface area is 186 Å². The summed E-state index contributed by atoms with van der Waals surface area (Å²) >= 11 is 1.95. The first-order valence-electron chi connectivity index (χ1n) is 10.6. The maximum Gasteiger partial charge on any atom is 0.253 e. The number of nitrogens with zero attached hydrogens (tertiary/aromatic N) is 2.